The lowest BCUT2D eigenvalue weighted by atomic mass is 10.1. The Bertz CT molecular complexity index is 499. The SMILES string of the molecule is CNc1cc([N+](=O)[O-])cc(NC2CCS(=O)CC2)n1. The lowest BCUT2D eigenvalue weighted by Crippen LogP contribution is -2.29. The van der Waals surface area contributed by atoms with Crippen LogP contribution in [0, 0.1) is 10.1 Å². The quantitative estimate of drug-likeness (QED) is 0.640. The van der Waals surface area contributed by atoms with E-state index in [4.69, 9.17) is 0 Å². The Morgan fingerprint density at radius 3 is 2.58 bits per heavy atom. The minimum atomic E-state index is -0.718. The molecular weight excluding hydrogens is 268 g/mol. The minimum Gasteiger partial charge on any atom is -0.373 e. The van der Waals surface area contributed by atoms with E-state index in [0.29, 0.717) is 23.1 Å². The van der Waals surface area contributed by atoms with Crippen molar-refractivity contribution >= 4 is 28.1 Å². The van der Waals surface area contributed by atoms with Crippen LogP contribution in [0.25, 0.3) is 0 Å². The molecule has 0 spiro atoms. The van der Waals surface area contributed by atoms with E-state index < -0.39 is 15.7 Å². The van der Waals surface area contributed by atoms with E-state index >= 15 is 0 Å². The third-order valence-corrected chi connectivity index (χ3v) is 4.40. The van der Waals surface area contributed by atoms with Crippen LogP contribution in [0.3, 0.4) is 0 Å². The van der Waals surface area contributed by atoms with Gasteiger partial charge in [0.05, 0.1) is 17.1 Å². The number of nitro groups is 1. The van der Waals surface area contributed by atoms with E-state index in [1.54, 1.807) is 7.05 Å². The molecule has 8 heteroatoms. The maximum absolute atomic E-state index is 11.3. The van der Waals surface area contributed by atoms with Gasteiger partial charge >= 0.3 is 0 Å². The Hall–Kier alpha value is -1.70. The number of rotatable bonds is 4. The molecule has 7 nitrogen and oxygen atoms in total. The van der Waals surface area contributed by atoms with Gasteiger partial charge in [-0.3, -0.25) is 14.3 Å². The maximum Gasteiger partial charge on any atom is 0.276 e. The van der Waals surface area contributed by atoms with Crippen LogP contribution in [-0.2, 0) is 10.8 Å². The highest BCUT2D eigenvalue weighted by atomic mass is 32.2. The van der Waals surface area contributed by atoms with Gasteiger partial charge in [-0.25, -0.2) is 4.98 Å². The van der Waals surface area contributed by atoms with E-state index in [-0.39, 0.29) is 11.7 Å². The normalized spacial score (nSPS) is 22.8. The summed E-state index contributed by atoms with van der Waals surface area (Å²) in [6, 6.07) is 2.99. The summed E-state index contributed by atoms with van der Waals surface area (Å²) in [6.07, 6.45) is 1.59. The Labute approximate surface area is 113 Å². The molecule has 1 aliphatic heterocycles. The molecule has 0 radical (unpaired) electrons. The Balaban J connectivity index is 2.12. The molecule has 1 aliphatic rings. The molecule has 104 valence electrons. The first kappa shape index (κ1) is 13.7. The zero-order chi connectivity index (χ0) is 13.8. The molecule has 0 aromatic carbocycles. The van der Waals surface area contributed by atoms with Crippen molar-refractivity contribution in [3.05, 3.63) is 22.2 Å². The second-order valence-corrected chi connectivity index (χ2v) is 6.07. The number of hydrogen-bond donors (Lipinski definition) is 2. The summed E-state index contributed by atoms with van der Waals surface area (Å²) in [4.78, 5) is 14.6. The Kier molecular flexibility index (Phi) is 4.31. The fourth-order valence-electron chi connectivity index (χ4n) is 1.97. The number of nitrogens with zero attached hydrogens (tertiary/aromatic N) is 2. The predicted molar refractivity (Wildman–Crippen MR) is 75.0 cm³/mol. The van der Waals surface area contributed by atoms with Gasteiger partial charge < -0.3 is 10.6 Å². The summed E-state index contributed by atoms with van der Waals surface area (Å²) >= 11 is 0. The van der Waals surface area contributed by atoms with Gasteiger partial charge in [0.2, 0.25) is 0 Å². The molecule has 1 saturated heterocycles. The van der Waals surface area contributed by atoms with Crippen molar-refractivity contribution in [2.24, 2.45) is 0 Å². The molecule has 2 heterocycles. The van der Waals surface area contributed by atoms with Gasteiger partial charge in [0, 0.05) is 35.4 Å². The summed E-state index contributed by atoms with van der Waals surface area (Å²) in [6.45, 7) is 0. The smallest absolute Gasteiger partial charge is 0.276 e. The molecular formula is C11H16N4O3S. The zero-order valence-corrected chi connectivity index (χ0v) is 11.4. The van der Waals surface area contributed by atoms with Crippen LogP contribution in [0.4, 0.5) is 17.3 Å². The second kappa shape index (κ2) is 5.96. The molecule has 0 atom stereocenters. The van der Waals surface area contributed by atoms with Gasteiger partial charge in [-0.2, -0.15) is 0 Å². The van der Waals surface area contributed by atoms with Crippen molar-refractivity contribution in [1.29, 1.82) is 0 Å². The predicted octanol–water partition coefficient (Wildman–Crippen LogP) is 1.35. The van der Waals surface area contributed by atoms with Crippen LogP contribution >= 0.6 is 0 Å². The average molecular weight is 284 g/mol. The molecule has 0 saturated carbocycles. The fraction of sp³-hybridized carbons (Fsp3) is 0.545. The maximum atomic E-state index is 11.3. The van der Waals surface area contributed by atoms with E-state index in [2.05, 4.69) is 15.6 Å². The van der Waals surface area contributed by atoms with E-state index in [1.807, 2.05) is 0 Å². The molecule has 0 bridgehead atoms. The van der Waals surface area contributed by atoms with Gasteiger partial charge in [-0.1, -0.05) is 0 Å². The van der Waals surface area contributed by atoms with Crippen LogP contribution in [0.15, 0.2) is 12.1 Å². The first-order chi connectivity index (χ1) is 9.08. The van der Waals surface area contributed by atoms with Crippen LogP contribution in [0.1, 0.15) is 12.8 Å². The highest BCUT2D eigenvalue weighted by Gasteiger charge is 2.19. The van der Waals surface area contributed by atoms with Crippen molar-refractivity contribution in [3.63, 3.8) is 0 Å². The van der Waals surface area contributed by atoms with Crippen molar-refractivity contribution in [1.82, 2.24) is 4.98 Å². The van der Waals surface area contributed by atoms with E-state index in [9.17, 15) is 14.3 Å². The summed E-state index contributed by atoms with van der Waals surface area (Å²) < 4.78 is 11.3. The van der Waals surface area contributed by atoms with Gasteiger partial charge in [0.1, 0.15) is 11.6 Å². The highest BCUT2D eigenvalue weighted by Crippen LogP contribution is 2.22. The summed E-state index contributed by atoms with van der Waals surface area (Å²) in [5.41, 5.74) is 0.00114. The summed E-state index contributed by atoms with van der Waals surface area (Å²) in [5.74, 6) is 2.28. The number of aromatic nitrogens is 1. The number of hydrogen-bond acceptors (Lipinski definition) is 6. The summed E-state index contributed by atoms with van der Waals surface area (Å²) in [5, 5.41) is 16.8. The Morgan fingerprint density at radius 2 is 2.00 bits per heavy atom. The minimum absolute atomic E-state index is 0.00114. The molecule has 1 aromatic rings. The average Bonchev–Trinajstić information content (AvgIpc) is 2.41. The van der Waals surface area contributed by atoms with Crippen LogP contribution in [-0.4, -0.2) is 38.7 Å². The first-order valence-electron chi connectivity index (χ1n) is 6.04. The fourth-order valence-corrected chi connectivity index (χ4v) is 3.27. The van der Waals surface area contributed by atoms with Crippen molar-refractivity contribution in [3.8, 4) is 0 Å². The lowest BCUT2D eigenvalue weighted by Gasteiger charge is -2.23. The topological polar surface area (TPSA) is 97.2 Å². The molecule has 0 unspecified atom stereocenters. The van der Waals surface area contributed by atoms with Gasteiger partial charge in [-0.15, -0.1) is 0 Å². The third-order valence-electron chi connectivity index (χ3n) is 3.02. The van der Waals surface area contributed by atoms with Crippen LogP contribution in [0.2, 0.25) is 0 Å². The Morgan fingerprint density at radius 1 is 1.37 bits per heavy atom. The monoisotopic (exact) mass is 284 g/mol. The molecule has 0 aliphatic carbocycles. The van der Waals surface area contributed by atoms with Crippen molar-refractivity contribution < 1.29 is 9.13 Å². The van der Waals surface area contributed by atoms with Crippen LogP contribution in [0.5, 0.6) is 0 Å². The molecule has 19 heavy (non-hydrogen) atoms. The van der Waals surface area contributed by atoms with Crippen molar-refractivity contribution in [2.45, 2.75) is 18.9 Å². The van der Waals surface area contributed by atoms with Crippen molar-refractivity contribution in [2.75, 3.05) is 29.2 Å². The molecule has 2 N–H and O–H groups in total. The molecule has 2 rings (SSSR count). The third kappa shape index (κ3) is 3.63. The number of anilines is 2. The summed E-state index contributed by atoms with van der Waals surface area (Å²) in [7, 11) is 0.949. The van der Waals surface area contributed by atoms with Gasteiger partial charge in [0.25, 0.3) is 5.69 Å². The van der Waals surface area contributed by atoms with E-state index in [0.717, 1.165) is 12.8 Å². The highest BCUT2D eigenvalue weighted by molar-refractivity contribution is 7.85. The molecule has 1 fully saturated rings. The first-order valence-corrected chi connectivity index (χ1v) is 7.53. The second-order valence-electron chi connectivity index (χ2n) is 4.37. The largest absolute Gasteiger partial charge is 0.373 e. The molecule has 1 aromatic heterocycles. The van der Waals surface area contributed by atoms with Gasteiger partial charge in [-0.05, 0) is 12.8 Å². The van der Waals surface area contributed by atoms with Gasteiger partial charge in [0.15, 0.2) is 0 Å². The number of pyridine rings is 1. The zero-order valence-electron chi connectivity index (χ0n) is 10.6. The number of nitrogens with one attached hydrogen (secondary N) is 2. The lowest BCUT2D eigenvalue weighted by molar-refractivity contribution is -0.384. The standard InChI is InChI=1S/C11H16N4O3S/c1-12-10-6-9(15(16)17)7-11(14-10)13-8-2-4-19(18)5-3-8/h6-8H,2-5H2,1H3,(H2,12,13,14). The van der Waals surface area contributed by atoms with E-state index in [1.165, 1.54) is 12.1 Å². The molecule has 0 amide bonds. The van der Waals surface area contributed by atoms with Crippen LogP contribution < -0.4 is 10.6 Å².